The molecule has 0 spiro atoms. The molecule has 1 aromatic carbocycles. The van der Waals surface area contributed by atoms with Gasteiger partial charge in [-0.05, 0) is 87.3 Å². The van der Waals surface area contributed by atoms with E-state index >= 15 is 0 Å². The zero-order valence-corrected chi connectivity index (χ0v) is 30.0. The molecule has 6 rings (SSSR count). The smallest absolute Gasteiger partial charge is 0.340 e. The molecule has 3 aromatic heterocycles. The first-order valence-corrected chi connectivity index (χ1v) is 17.4. The van der Waals surface area contributed by atoms with Gasteiger partial charge in [0.1, 0.15) is 11.0 Å². The van der Waals surface area contributed by atoms with Crippen LogP contribution >= 0.6 is 11.6 Å². The van der Waals surface area contributed by atoms with Crippen LogP contribution in [0.25, 0.3) is 22.4 Å². The molecule has 5 heterocycles. The van der Waals surface area contributed by atoms with Crippen molar-refractivity contribution in [2.75, 3.05) is 41.8 Å². The van der Waals surface area contributed by atoms with Gasteiger partial charge in [0.05, 0.1) is 29.2 Å². The first-order valence-electron chi connectivity index (χ1n) is 17.0. The maximum Gasteiger partial charge on any atom is 0.340 e. The lowest BCUT2D eigenvalue weighted by Crippen LogP contribution is -2.39. The van der Waals surface area contributed by atoms with Crippen LogP contribution in [0.5, 0.6) is 0 Å². The van der Waals surface area contributed by atoms with Gasteiger partial charge < -0.3 is 25.0 Å². The van der Waals surface area contributed by atoms with Crippen molar-refractivity contribution in [3.8, 4) is 22.4 Å². The summed E-state index contributed by atoms with van der Waals surface area (Å²) < 4.78 is 12.0. The minimum Gasteiger partial charge on any atom is -0.464 e. The number of nitrogens with two attached hydrogens (primary N) is 1. The molecule has 2 aliphatic heterocycles. The second-order valence-corrected chi connectivity index (χ2v) is 14.9. The third-order valence-corrected chi connectivity index (χ3v) is 9.53. The Bertz CT molecular complexity index is 1820. The Labute approximate surface area is 294 Å². The van der Waals surface area contributed by atoms with Crippen molar-refractivity contribution in [2.45, 2.75) is 79.1 Å². The Morgan fingerprint density at radius 2 is 1.80 bits per heavy atom. The highest BCUT2D eigenvalue weighted by molar-refractivity contribution is 6.31. The van der Waals surface area contributed by atoms with Gasteiger partial charge in [-0.15, -0.1) is 0 Å². The summed E-state index contributed by atoms with van der Waals surface area (Å²) in [6, 6.07) is 12.2. The number of halogens is 1. The fraction of sp³-hybridized carbons (Fsp3) is 0.447. The molecule has 10 nitrogen and oxygen atoms in total. The maximum absolute atomic E-state index is 13.6. The number of fused-ring (bicyclic) bond motifs is 1. The Balaban J connectivity index is 1.41. The predicted molar refractivity (Wildman–Crippen MR) is 195 cm³/mol. The van der Waals surface area contributed by atoms with Gasteiger partial charge in [0.2, 0.25) is 5.95 Å². The van der Waals surface area contributed by atoms with E-state index in [9.17, 15) is 4.79 Å². The van der Waals surface area contributed by atoms with Gasteiger partial charge in [0.15, 0.2) is 6.10 Å². The molecule has 0 bridgehead atoms. The van der Waals surface area contributed by atoms with Gasteiger partial charge in [0, 0.05) is 55.9 Å². The van der Waals surface area contributed by atoms with Crippen molar-refractivity contribution in [3.05, 3.63) is 76.8 Å². The van der Waals surface area contributed by atoms with Gasteiger partial charge in [-0.3, -0.25) is 4.98 Å². The van der Waals surface area contributed by atoms with Crippen LogP contribution in [0.15, 0.2) is 55.0 Å². The Morgan fingerprint density at radius 3 is 2.49 bits per heavy atom. The first-order chi connectivity index (χ1) is 23.3. The number of esters is 1. The lowest BCUT2D eigenvalue weighted by atomic mass is 9.82. The van der Waals surface area contributed by atoms with Crippen molar-refractivity contribution in [1.29, 1.82) is 0 Å². The number of nitrogens with zero attached hydrogens (tertiary/aromatic N) is 6. The number of anilines is 3. The highest BCUT2D eigenvalue weighted by atomic mass is 35.5. The summed E-state index contributed by atoms with van der Waals surface area (Å²) in [6.07, 6.45) is 7.02. The second-order valence-electron chi connectivity index (χ2n) is 14.6. The predicted octanol–water partition coefficient (Wildman–Crippen LogP) is 7.44. The van der Waals surface area contributed by atoms with Gasteiger partial charge >= 0.3 is 5.97 Å². The molecular formula is C38H46ClN7O3. The minimum atomic E-state index is -1.09. The van der Waals surface area contributed by atoms with Crippen molar-refractivity contribution >= 4 is 35.0 Å². The standard InChI is InChI=1S/C38H46ClN7O3/c1-7-48-35(47)32(49-37(2,3)4)30-31(45-19-14-38(5,6)15-20-45)29(34(40)44-33(30)39)25-10-11-27-23-46(18-13-24(27)21-25)36-42-17-12-28(43-36)26-9-8-16-41-22-26/h8-12,16-17,21-22,32H,7,13-15,18-20,23H2,1-6H3,(H2,40,44)/t32-/m0/s1. The van der Waals surface area contributed by atoms with E-state index in [4.69, 9.17) is 31.8 Å². The molecule has 2 N–H and O–H groups in total. The van der Waals surface area contributed by atoms with E-state index in [2.05, 4.69) is 56.8 Å². The number of carbonyl (C=O) groups is 1. The summed E-state index contributed by atoms with van der Waals surface area (Å²) in [5, 5.41) is 0.144. The number of hydrogen-bond acceptors (Lipinski definition) is 10. The quantitative estimate of drug-likeness (QED) is 0.148. The monoisotopic (exact) mass is 683 g/mol. The van der Waals surface area contributed by atoms with Crippen LogP contribution in [-0.2, 0) is 27.2 Å². The molecule has 0 amide bonds. The lowest BCUT2D eigenvalue weighted by Gasteiger charge is -2.41. The van der Waals surface area contributed by atoms with E-state index in [1.54, 1.807) is 19.3 Å². The van der Waals surface area contributed by atoms with Crippen LogP contribution < -0.4 is 15.5 Å². The zero-order chi connectivity index (χ0) is 34.9. The van der Waals surface area contributed by atoms with Crippen LogP contribution in [0.3, 0.4) is 0 Å². The van der Waals surface area contributed by atoms with E-state index in [1.807, 2.05) is 45.2 Å². The first kappa shape index (κ1) is 34.6. The molecule has 0 radical (unpaired) electrons. The van der Waals surface area contributed by atoms with Crippen LogP contribution in [0.1, 0.15) is 77.2 Å². The summed E-state index contributed by atoms with van der Waals surface area (Å²) in [5.74, 6) is 0.492. The molecular weight excluding hydrogens is 638 g/mol. The molecule has 258 valence electrons. The van der Waals surface area contributed by atoms with Crippen molar-refractivity contribution in [1.82, 2.24) is 19.9 Å². The molecule has 1 fully saturated rings. The van der Waals surface area contributed by atoms with Crippen molar-refractivity contribution in [2.24, 2.45) is 5.41 Å². The molecule has 2 aliphatic rings. The van der Waals surface area contributed by atoms with E-state index < -0.39 is 17.7 Å². The fourth-order valence-electron chi connectivity index (χ4n) is 6.61. The average Bonchev–Trinajstić information content (AvgIpc) is 3.07. The molecule has 1 saturated heterocycles. The fourth-order valence-corrected chi connectivity index (χ4v) is 6.89. The molecule has 0 aliphatic carbocycles. The minimum absolute atomic E-state index is 0.144. The number of hydrogen-bond donors (Lipinski definition) is 1. The lowest BCUT2D eigenvalue weighted by molar-refractivity contribution is -0.166. The SMILES string of the molecule is CCOC(=O)[C@@H](OC(C)(C)C)c1c(Cl)nc(N)c(-c2ccc3c(c2)CCN(c2nccc(-c4cccnc4)n2)C3)c1N1CCC(C)(C)CC1. The highest BCUT2D eigenvalue weighted by Crippen LogP contribution is 2.47. The number of aromatic nitrogens is 4. The molecule has 4 aromatic rings. The Morgan fingerprint density at radius 1 is 1.02 bits per heavy atom. The number of nitrogen functional groups attached to an aromatic ring is 1. The average molecular weight is 684 g/mol. The number of carbonyl (C=O) groups excluding carboxylic acids is 1. The molecule has 0 saturated carbocycles. The number of benzene rings is 1. The van der Waals surface area contributed by atoms with Gasteiger partial charge in [-0.2, -0.15) is 0 Å². The van der Waals surface area contributed by atoms with Crippen molar-refractivity contribution in [3.63, 3.8) is 0 Å². The number of rotatable bonds is 8. The van der Waals surface area contributed by atoms with Crippen LogP contribution in [-0.4, -0.2) is 57.7 Å². The number of ether oxygens (including phenoxy) is 2. The van der Waals surface area contributed by atoms with E-state index in [-0.39, 0.29) is 17.2 Å². The van der Waals surface area contributed by atoms with E-state index in [1.165, 1.54) is 11.1 Å². The van der Waals surface area contributed by atoms with Gasteiger partial charge in [-0.25, -0.2) is 19.7 Å². The zero-order valence-electron chi connectivity index (χ0n) is 29.3. The third-order valence-electron chi connectivity index (χ3n) is 9.25. The van der Waals surface area contributed by atoms with Gasteiger partial charge in [0.25, 0.3) is 0 Å². The molecule has 1 atom stereocenters. The summed E-state index contributed by atoms with van der Waals surface area (Å²) in [5.41, 5.74) is 13.4. The molecule has 49 heavy (non-hydrogen) atoms. The normalized spacial score (nSPS) is 16.6. The van der Waals surface area contributed by atoms with E-state index in [0.717, 1.165) is 67.0 Å². The van der Waals surface area contributed by atoms with E-state index in [0.29, 0.717) is 23.9 Å². The summed E-state index contributed by atoms with van der Waals surface area (Å²) >= 11 is 6.95. The highest BCUT2D eigenvalue weighted by Gasteiger charge is 2.38. The van der Waals surface area contributed by atoms with Crippen LogP contribution in [0, 0.1) is 5.41 Å². The number of piperidine rings is 1. The summed E-state index contributed by atoms with van der Waals surface area (Å²) in [7, 11) is 0. The maximum atomic E-state index is 13.6. The largest absolute Gasteiger partial charge is 0.464 e. The molecule has 0 unspecified atom stereocenters. The Kier molecular flexibility index (Phi) is 9.82. The summed E-state index contributed by atoms with van der Waals surface area (Å²) in [6.45, 7) is 15.3. The third kappa shape index (κ3) is 7.65. The Hall–Kier alpha value is -4.28. The van der Waals surface area contributed by atoms with Crippen molar-refractivity contribution < 1.29 is 14.3 Å². The van der Waals surface area contributed by atoms with Crippen LogP contribution in [0.4, 0.5) is 17.5 Å². The number of pyridine rings is 2. The summed E-state index contributed by atoms with van der Waals surface area (Å²) in [4.78, 5) is 36.4. The molecule has 11 heteroatoms. The van der Waals surface area contributed by atoms with Gasteiger partial charge in [-0.1, -0.05) is 43.6 Å². The second kappa shape index (κ2) is 13.9. The topological polar surface area (TPSA) is 120 Å². The van der Waals surface area contributed by atoms with Crippen LogP contribution in [0.2, 0.25) is 5.15 Å².